The first-order chi connectivity index (χ1) is 8.60. The number of nitriles is 1. The van der Waals surface area contributed by atoms with Gasteiger partial charge in [-0.15, -0.1) is 0 Å². The molecule has 0 aliphatic carbocycles. The number of nitrogens with zero attached hydrogens (tertiary/aromatic N) is 2. The molecule has 2 unspecified atom stereocenters. The fraction of sp³-hybridized carbons (Fsp3) is 0.500. The van der Waals surface area contributed by atoms with Crippen LogP contribution in [0.4, 0.5) is 0 Å². The third kappa shape index (κ3) is 3.02. The van der Waals surface area contributed by atoms with Crippen LogP contribution in [-0.2, 0) is 6.54 Å². The Morgan fingerprint density at radius 1 is 1.61 bits per heavy atom. The maximum atomic E-state index is 8.80. The van der Waals surface area contributed by atoms with Crippen LogP contribution in [0, 0.1) is 17.2 Å². The normalized spacial score (nSPS) is 21.8. The van der Waals surface area contributed by atoms with Gasteiger partial charge in [0.15, 0.2) is 0 Å². The number of hydrogen-bond acceptors (Lipinski definition) is 3. The Kier molecular flexibility index (Phi) is 4.23. The van der Waals surface area contributed by atoms with E-state index in [0.717, 1.165) is 31.6 Å². The van der Waals surface area contributed by atoms with Gasteiger partial charge in [-0.3, -0.25) is 4.90 Å². The summed E-state index contributed by atoms with van der Waals surface area (Å²) in [6.45, 7) is 5.02. The van der Waals surface area contributed by atoms with E-state index in [0.29, 0.717) is 16.5 Å². The van der Waals surface area contributed by atoms with Gasteiger partial charge in [0, 0.05) is 24.2 Å². The molecule has 0 aromatic heterocycles. The molecule has 0 radical (unpaired) electrons. The van der Waals surface area contributed by atoms with E-state index in [-0.39, 0.29) is 6.04 Å². The monoisotopic (exact) mass is 263 g/mol. The molecule has 18 heavy (non-hydrogen) atoms. The molecular weight excluding hydrogens is 246 g/mol. The van der Waals surface area contributed by atoms with Crippen LogP contribution in [0.1, 0.15) is 24.5 Å². The largest absolute Gasteiger partial charge is 0.328 e. The van der Waals surface area contributed by atoms with Crippen molar-refractivity contribution in [2.24, 2.45) is 11.7 Å². The SMILES string of the molecule is CC(N)C1CCN(Cc2ccc(C#N)cc2Cl)C1. The molecule has 2 N–H and O–H groups in total. The standard InChI is InChI=1S/C14H18ClN3/c1-10(17)12-4-5-18(8-12)9-13-3-2-11(7-16)6-14(13)15/h2-3,6,10,12H,4-5,8-9,17H2,1H3. The summed E-state index contributed by atoms with van der Waals surface area (Å²) in [7, 11) is 0. The van der Waals surface area contributed by atoms with Crippen LogP contribution in [0.15, 0.2) is 18.2 Å². The second-order valence-electron chi connectivity index (χ2n) is 5.06. The highest BCUT2D eigenvalue weighted by Crippen LogP contribution is 2.24. The van der Waals surface area contributed by atoms with Gasteiger partial charge < -0.3 is 5.73 Å². The van der Waals surface area contributed by atoms with Crippen LogP contribution >= 0.6 is 11.6 Å². The average molecular weight is 264 g/mol. The van der Waals surface area contributed by atoms with Crippen molar-refractivity contribution in [1.82, 2.24) is 4.90 Å². The van der Waals surface area contributed by atoms with Crippen LogP contribution < -0.4 is 5.73 Å². The molecule has 1 heterocycles. The van der Waals surface area contributed by atoms with Gasteiger partial charge in [0.2, 0.25) is 0 Å². The molecular formula is C14H18ClN3. The van der Waals surface area contributed by atoms with E-state index in [1.54, 1.807) is 6.07 Å². The van der Waals surface area contributed by atoms with Gasteiger partial charge in [0.05, 0.1) is 11.6 Å². The van der Waals surface area contributed by atoms with Crippen molar-refractivity contribution < 1.29 is 0 Å². The van der Waals surface area contributed by atoms with Crippen LogP contribution in [0.2, 0.25) is 5.02 Å². The van der Waals surface area contributed by atoms with Crippen molar-refractivity contribution in [3.8, 4) is 6.07 Å². The molecule has 2 rings (SSSR count). The highest BCUT2D eigenvalue weighted by Gasteiger charge is 2.25. The van der Waals surface area contributed by atoms with E-state index in [9.17, 15) is 0 Å². The molecule has 1 aromatic rings. The minimum atomic E-state index is 0.256. The third-order valence-corrected chi connectivity index (χ3v) is 3.98. The number of benzene rings is 1. The molecule has 4 heteroatoms. The summed E-state index contributed by atoms with van der Waals surface area (Å²) in [6, 6.07) is 7.85. The predicted molar refractivity (Wildman–Crippen MR) is 73.2 cm³/mol. The molecule has 1 aliphatic rings. The number of hydrogen-bond donors (Lipinski definition) is 1. The molecule has 1 aliphatic heterocycles. The zero-order valence-corrected chi connectivity index (χ0v) is 11.3. The van der Waals surface area contributed by atoms with Gasteiger partial charge in [0.25, 0.3) is 0 Å². The lowest BCUT2D eigenvalue weighted by atomic mass is 10.0. The number of halogens is 1. The van der Waals surface area contributed by atoms with E-state index < -0.39 is 0 Å². The molecule has 1 aromatic carbocycles. The molecule has 2 atom stereocenters. The lowest BCUT2D eigenvalue weighted by molar-refractivity contribution is 0.308. The van der Waals surface area contributed by atoms with Crippen LogP contribution in [0.5, 0.6) is 0 Å². The Bertz CT molecular complexity index is 465. The van der Waals surface area contributed by atoms with E-state index in [1.807, 2.05) is 12.1 Å². The van der Waals surface area contributed by atoms with E-state index in [2.05, 4.69) is 17.9 Å². The van der Waals surface area contributed by atoms with Crippen molar-refractivity contribution in [3.63, 3.8) is 0 Å². The first-order valence-corrected chi connectivity index (χ1v) is 6.64. The molecule has 0 saturated carbocycles. The van der Waals surface area contributed by atoms with Crippen molar-refractivity contribution in [2.45, 2.75) is 25.9 Å². The molecule has 0 amide bonds. The lowest BCUT2D eigenvalue weighted by Crippen LogP contribution is -2.29. The van der Waals surface area contributed by atoms with Gasteiger partial charge >= 0.3 is 0 Å². The summed E-state index contributed by atoms with van der Waals surface area (Å²) in [4.78, 5) is 2.38. The molecule has 3 nitrogen and oxygen atoms in total. The first-order valence-electron chi connectivity index (χ1n) is 6.26. The highest BCUT2D eigenvalue weighted by atomic mass is 35.5. The Labute approximate surface area is 113 Å². The summed E-state index contributed by atoms with van der Waals surface area (Å²) >= 11 is 6.18. The molecule has 96 valence electrons. The van der Waals surface area contributed by atoms with Crippen molar-refractivity contribution in [2.75, 3.05) is 13.1 Å². The number of likely N-dealkylation sites (tertiary alicyclic amines) is 1. The van der Waals surface area contributed by atoms with Crippen molar-refractivity contribution in [1.29, 1.82) is 5.26 Å². The topological polar surface area (TPSA) is 53.0 Å². The van der Waals surface area contributed by atoms with Gasteiger partial charge in [-0.05, 0) is 43.5 Å². The predicted octanol–water partition coefficient (Wildman–Crippen LogP) is 2.38. The van der Waals surface area contributed by atoms with Gasteiger partial charge in [-0.25, -0.2) is 0 Å². The maximum Gasteiger partial charge on any atom is 0.0992 e. The first kappa shape index (κ1) is 13.4. The van der Waals surface area contributed by atoms with E-state index in [4.69, 9.17) is 22.6 Å². The minimum Gasteiger partial charge on any atom is -0.328 e. The molecule has 0 bridgehead atoms. The van der Waals surface area contributed by atoms with E-state index in [1.165, 1.54) is 0 Å². The second kappa shape index (κ2) is 5.71. The lowest BCUT2D eigenvalue weighted by Gasteiger charge is -2.18. The van der Waals surface area contributed by atoms with Crippen LogP contribution in [0.25, 0.3) is 0 Å². The van der Waals surface area contributed by atoms with Crippen LogP contribution in [0.3, 0.4) is 0 Å². The number of rotatable bonds is 3. The third-order valence-electron chi connectivity index (χ3n) is 3.63. The fourth-order valence-corrected chi connectivity index (χ4v) is 2.66. The summed E-state index contributed by atoms with van der Waals surface area (Å²) in [6.07, 6.45) is 1.16. The van der Waals surface area contributed by atoms with Crippen LogP contribution in [-0.4, -0.2) is 24.0 Å². The molecule has 1 fully saturated rings. The zero-order valence-electron chi connectivity index (χ0n) is 10.6. The van der Waals surface area contributed by atoms with E-state index >= 15 is 0 Å². The molecule has 1 saturated heterocycles. The van der Waals surface area contributed by atoms with Crippen molar-refractivity contribution >= 4 is 11.6 Å². The summed E-state index contributed by atoms with van der Waals surface area (Å²) in [5, 5.41) is 9.48. The quantitative estimate of drug-likeness (QED) is 0.911. The Hall–Kier alpha value is -1.08. The summed E-state index contributed by atoms with van der Waals surface area (Å²) in [5.41, 5.74) is 7.63. The minimum absolute atomic E-state index is 0.256. The Morgan fingerprint density at radius 2 is 2.39 bits per heavy atom. The number of nitrogens with two attached hydrogens (primary N) is 1. The smallest absolute Gasteiger partial charge is 0.0992 e. The van der Waals surface area contributed by atoms with Gasteiger partial charge in [-0.2, -0.15) is 5.26 Å². The highest BCUT2D eigenvalue weighted by molar-refractivity contribution is 6.31. The molecule has 0 spiro atoms. The van der Waals surface area contributed by atoms with Gasteiger partial charge in [-0.1, -0.05) is 17.7 Å². The average Bonchev–Trinajstić information content (AvgIpc) is 2.80. The van der Waals surface area contributed by atoms with Crippen molar-refractivity contribution in [3.05, 3.63) is 34.3 Å². The maximum absolute atomic E-state index is 8.80. The summed E-state index contributed by atoms with van der Waals surface area (Å²) in [5.74, 6) is 0.585. The Morgan fingerprint density at radius 3 is 2.94 bits per heavy atom. The summed E-state index contributed by atoms with van der Waals surface area (Å²) < 4.78 is 0. The zero-order chi connectivity index (χ0) is 13.1. The fourth-order valence-electron chi connectivity index (χ4n) is 2.42. The Balaban J connectivity index is 2.01. The second-order valence-corrected chi connectivity index (χ2v) is 5.47. The van der Waals surface area contributed by atoms with Gasteiger partial charge in [0.1, 0.15) is 0 Å².